The van der Waals surface area contributed by atoms with Gasteiger partial charge in [-0.05, 0) is 39.1 Å². The highest BCUT2D eigenvalue weighted by atomic mass is 35.5. The van der Waals surface area contributed by atoms with E-state index in [1.165, 1.54) is 0 Å². The largest absolute Gasteiger partial charge is 0.479 e. The van der Waals surface area contributed by atoms with Crippen LogP contribution in [-0.2, 0) is 16.1 Å². The zero-order valence-electron chi connectivity index (χ0n) is 10.8. The van der Waals surface area contributed by atoms with Gasteiger partial charge in [-0.2, -0.15) is 0 Å². The monoisotopic (exact) mass is 271 g/mol. The topological polar surface area (TPSA) is 47.6 Å². The Kier molecular flexibility index (Phi) is 5.95. The average Bonchev–Trinajstić information content (AvgIpc) is 2.33. The highest BCUT2D eigenvalue weighted by Gasteiger charge is 2.17. The molecule has 0 radical (unpaired) electrons. The number of carbonyl (C=O) groups excluding carboxylic acids is 1. The van der Waals surface area contributed by atoms with Gasteiger partial charge in [-0.25, -0.2) is 4.79 Å². The molecule has 0 heterocycles. The molecule has 0 saturated carbocycles. The standard InChI is InChI=1S/C13H18ClNO3/c1-4-17-13(16)9(2)18-12-6-5-11(14)7-10(12)8-15-3/h5-7,9,15H,4,8H2,1-3H3. The lowest BCUT2D eigenvalue weighted by molar-refractivity contribution is -0.150. The second kappa shape index (κ2) is 7.24. The summed E-state index contributed by atoms with van der Waals surface area (Å²) in [5.41, 5.74) is 0.904. The number of hydrogen-bond donors (Lipinski definition) is 1. The number of nitrogens with one attached hydrogen (secondary N) is 1. The number of carbonyl (C=O) groups is 1. The van der Waals surface area contributed by atoms with E-state index in [2.05, 4.69) is 5.32 Å². The fourth-order valence-electron chi connectivity index (χ4n) is 1.49. The van der Waals surface area contributed by atoms with Gasteiger partial charge in [0, 0.05) is 17.1 Å². The summed E-state index contributed by atoms with van der Waals surface area (Å²) in [7, 11) is 1.83. The van der Waals surface area contributed by atoms with E-state index >= 15 is 0 Å². The minimum absolute atomic E-state index is 0.344. The Morgan fingerprint density at radius 2 is 2.22 bits per heavy atom. The molecular formula is C13H18ClNO3. The second-order valence-electron chi connectivity index (χ2n) is 3.79. The third-order valence-corrected chi connectivity index (χ3v) is 2.55. The van der Waals surface area contributed by atoms with Crippen LogP contribution in [0.1, 0.15) is 19.4 Å². The van der Waals surface area contributed by atoms with E-state index in [9.17, 15) is 4.79 Å². The van der Waals surface area contributed by atoms with Crippen LogP contribution in [0.2, 0.25) is 5.02 Å². The van der Waals surface area contributed by atoms with Gasteiger partial charge < -0.3 is 14.8 Å². The van der Waals surface area contributed by atoms with Crippen LogP contribution in [-0.4, -0.2) is 25.7 Å². The number of benzene rings is 1. The molecular weight excluding hydrogens is 254 g/mol. The molecule has 0 bridgehead atoms. The molecule has 1 atom stereocenters. The zero-order valence-corrected chi connectivity index (χ0v) is 11.6. The van der Waals surface area contributed by atoms with Crippen molar-refractivity contribution in [3.05, 3.63) is 28.8 Å². The maximum Gasteiger partial charge on any atom is 0.347 e. The number of rotatable bonds is 6. The first-order valence-corrected chi connectivity index (χ1v) is 6.22. The van der Waals surface area contributed by atoms with Crippen molar-refractivity contribution in [1.82, 2.24) is 5.32 Å². The molecule has 0 amide bonds. The first-order valence-electron chi connectivity index (χ1n) is 5.84. The molecule has 100 valence electrons. The molecule has 0 aliphatic heterocycles. The number of esters is 1. The molecule has 0 aliphatic carbocycles. The van der Waals surface area contributed by atoms with E-state index in [4.69, 9.17) is 21.1 Å². The van der Waals surface area contributed by atoms with Gasteiger partial charge in [-0.15, -0.1) is 0 Å². The van der Waals surface area contributed by atoms with Gasteiger partial charge in [0.15, 0.2) is 6.10 Å². The van der Waals surface area contributed by atoms with Crippen LogP contribution in [0, 0.1) is 0 Å². The Bertz CT molecular complexity index is 409. The van der Waals surface area contributed by atoms with E-state index in [0.29, 0.717) is 23.9 Å². The van der Waals surface area contributed by atoms with Crippen molar-refractivity contribution < 1.29 is 14.3 Å². The van der Waals surface area contributed by atoms with Crippen LogP contribution in [0.15, 0.2) is 18.2 Å². The van der Waals surface area contributed by atoms with Gasteiger partial charge >= 0.3 is 5.97 Å². The van der Waals surface area contributed by atoms with Gasteiger partial charge in [0.2, 0.25) is 0 Å². The Hall–Kier alpha value is -1.26. The van der Waals surface area contributed by atoms with Crippen LogP contribution in [0.25, 0.3) is 0 Å². The summed E-state index contributed by atoms with van der Waals surface area (Å²) in [6, 6.07) is 5.30. The Balaban J connectivity index is 2.79. The fraction of sp³-hybridized carbons (Fsp3) is 0.462. The molecule has 1 aromatic carbocycles. The fourth-order valence-corrected chi connectivity index (χ4v) is 1.68. The van der Waals surface area contributed by atoms with Crippen molar-refractivity contribution >= 4 is 17.6 Å². The summed E-state index contributed by atoms with van der Waals surface area (Å²) in [6.07, 6.45) is -0.637. The minimum Gasteiger partial charge on any atom is -0.479 e. The lowest BCUT2D eigenvalue weighted by Crippen LogP contribution is -2.26. The smallest absolute Gasteiger partial charge is 0.347 e. The van der Waals surface area contributed by atoms with Gasteiger partial charge in [0.25, 0.3) is 0 Å². The zero-order chi connectivity index (χ0) is 13.5. The normalized spacial score (nSPS) is 12.0. The van der Waals surface area contributed by atoms with Crippen LogP contribution in [0.3, 0.4) is 0 Å². The Morgan fingerprint density at radius 1 is 1.50 bits per heavy atom. The van der Waals surface area contributed by atoms with Gasteiger partial charge in [-0.1, -0.05) is 11.6 Å². The summed E-state index contributed by atoms with van der Waals surface area (Å²) >= 11 is 5.93. The summed E-state index contributed by atoms with van der Waals surface area (Å²) < 4.78 is 10.5. The van der Waals surface area contributed by atoms with Crippen molar-refractivity contribution in [2.75, 3.05) is 13.7 Å². The lowest BCUT2D eigenvalue weighted by Gasteiger charge is -2.16. The van der Waals surface area contributed by atoms with E-state index in [1.54, 1.807) is 26.0 Å². The molecule has 0 fully saturated rings. The summed E-state index contributed by atoms with van der Waals surface area (Å²) in [5.74, 6) is 0.261. The highest BCUT2D eigenvalue weighted by Crippen LogP contribution is 2.24. The van der Waals surface area contributed by atoms with E-state index in [-0.39, 0.29) is 5.97 Å². The first-order chi connectivity index (χ1) is 8.58. The molecule has 0 saturated heterocycles. The van der Waals surface area contributed by atoms with E-state index < -0.39 is 6.10 Å². The molecule has 4 nitrogen and oxygen atoms in total. The van der Waals surface area contributed by atoms with Gasteiger partial charge in [0.05, 0.1) is 6.61 Å². The van der Waals surface area contributed by atoms with Crippen LogP contribution >= 0.6 is 11.6 Å². The van der Waals surface area contributed by atoms with Crippen LogP contribution in [0.4, 0.5) is 0 Å². The van der Waals surface area contributed by atoms with Crippen molar-refractivity contribution in [1.29, 1.82) is 0 Å². The molecule has 1 unspecified atom stereocenters. The third kappa shape index (κ3) is 4.20. The van der Waals surface area contributed by atoms with Crippen molar-refractivity contribution in [3.8, 4) is 5.75 Å². The average molecular weight is 272 g/mol. The molecule has 0 aliphatic rings. The van der Waals surface area contributed by atoms with Crippen LogP contribution < -0.4 is 10.1 Å². The maximum atomic E-state index is 11.5. The predicted octanol–water partition coefficient (Wildman–Crippen LogP) is 2.39. The summed E-state index contributed by atoms with van der Waals surface area (Å²) in [5, 5.41) is 3.66. The first kappa shape index (κ1) is 14.8. The van der Waals surface area contributed by atoms with E-state index in [1.807, 2.05) is 13.1 Å². The number of hydrogen-bond acceptors (Lipinski definition) is 4. The van der Waals surface area contributed by atoms with Crippen molar-refractivity contribution in [2.45, 2.75) is 26.5 Å². The number of halogens is 1. The van der Waals surface area contributed by atoms with Crippen molar-refractivity contribution in [2.24, 2.45) is 0 Å². The molecule has 1 rings (SSSR count). The van der Waals surface area contributed by atoms with E-state index in [0.717, 1.165) is 5.56 Å². The van der Waals surface area contributed by atoms with Crippen molar-refractivity contribution in [3.63, 3.8) is 0 Å². The maximum absolute atomic E-state index is 11.5. The lowest BCUT2D eigenvalue weighted by atomic mass is 10.2. The summed E-state index contributed by atoms with van der Waals surface area (Å²) in [4.78, 5) is 11.5. The number of ether oxygens (including phenoxy) is 2. The van der Waals surface area contributed by atoms with Gasteiger partial charge in [0.1, 0.15) is 5.75 Å². The molecule has 5 heteroatoms. The molecule has 1 N–H and O–H groups in total. The third-order valence-electron chi connectivity index (χ3n) is 2.31. The van der Waals surface area contributed by atoms with Gasteiger partial charge in [-0.3, -0.25) is 0 Å². The Labute approximate surface area is 112 Å². The van der Waals surface area contributed by atoms with Crippen LogP contribution in [0.5, 0.6) is 5.75 Å². The quantitative estimate of drug-likeness (QED) is 0.807. The second-order valence-corrected chi connectivity index (χ2v) is 4.23. The molecule has 1 aromatic rings. The summed E-state index contributed by atoms with van der Waals surface area (Å²) in [6.45, 7) is 4.39. The molecule has 18 heavy (non-hydrogen) atoms. The highest BCUT2D eigenvalue weighted by molar-refractivity contribution is 6.30. The molecule has 0 aromatic heterocycles. The Morgan fingerprint density at radius 3 is 2.83 bits per heavy atom. The minimum atomic E-state index is -0.637. The predicted molar refractivity (Wildman–Crippen MR) is 70.9 cm³/mol. The molecule has 0 spiro atoms. The SMILES string of the molecule is CCOC(=O)C(C)Oc1ccc(Cl)cc1CNC.